The van der Waals surface area contributed by atoms with Gasteiger partial charge in [0.15, 0.2) is 0 Å². The van der Waals surface area contributed by atoms with Crippen molar-refractivity contribution in [1.29, 1.82) is 0 Å². The Balaban J connectivity index is 1.50. The average molecular weight is 593 g/mol. The van der Waals surface area contributed by atoms with E-state index < -0.39 is 23.7 Å². The van der Waals surface area contributed by atoms with Gasteiger partial charge in [0.2, 0.25) is 5.91 Å². The van der Waals surface area contributed by atoms with Crippen molar-refractivity contribution in [3.05, 3.63) is 129 Å². The molecule has 0 unspecified atom stereocenters. The van der Waals surface area contributed by atoms with E-state index >= 15 is 0 Å². The van der Waals surface area contributed by atoms with Gasteiger partial charge in [0, 0.05) is 17.8 Å². The highest BCUT2D eigenvalue weighted by atomic mass is 16.5. The van der Waals surface area contributed by atoms with E-state index in [-0.39, 0.29) is 22.4 Å². The van der Waals surface area contributed by atoms with Crippen LogP contribution in [0, 0.1) is 0 Å². The number of amides is 2. The summed E-state index contributed by atoms with van der Waals surface area (Å²) in [6.07, 6.45) is 0.642. The standard InChI is InChI=1S/C34H32N4O6/c1-3-44-28-14-10-25(11-15-28)36-31(39)22-37-30-21-24(32(40)35-20-19-23-7-5-4-6-8-23)9-18-29(30)33(41)38(34(37)42)26-12-16-27(43-2)17-13-26/h4-18,21H,3,19-20,22H2,1-2H3,(H,35,40)(H,36,39). The lowest BCUT2D eigenvalue weighted by atomic mass is 10.1. The summed E-state index contributed by atoms with van der Waals surface area (Å²) in [6, 6.07) is 27.6. The minimum Gasteiger partial charge on any atom is -0.497 e. The molecular formula is C34H32N4O6. The number of fused-ring (bicyclic) bond motifs is 1. The Kier molecular flexibility index (Phi) is 9.19. The van der Waals surface area contributed by atoms with Crippen molar-refractivity contribution >= 4 is 28.4 Å². The smallest absolute Gasteiger partial charge is 0.336 e. The summed E-state index contributed by atoms with van der Waals surface area (Å²) in [5.74, 6) is 0.365. The number of anilines is 1. The Labute approximate surface area is 253 Å². The number of carbonyl (C=O) groups excluding carboxylic acids is 2. The summed E-state index contributed by atoms with van der Waals surface area (Å²) >= 11 is 0. The number of nitrogens with zero attached hydrogens (tertiary/aromatic N) is 2. The molecule has 0 aliphatic rings. The van der Waals surface area contributed by atoms with Crippen molar-refractivity contribution in [1.82, 2.24) is 14.5 Å². The third-order valence-corrected chi connectivity index (χ3v) is 7.03. The maximum atomic E-state index is 13.9. The summed E-state index contributed by atoms with van der Waals surface area (Å²) in [5.41, 5.74) is 1.03. The highest BCUT2D eigenvalue weighted by Gasteiger charge is 2.19. The van der Waals surface area contributed by atoms with Crippen LogP contribution in [-0.2, 0) is 17.8 Å². The first-order valence-corrected chi connectivity index (χ1v) is 14.2. The second kappa shape index (κ2) is 13.6. The number of aromatic nitrogens is 2. The fraction of sp³-hybridized carbons (Fsp3) is 0.176. The first-order chi connectivity index (χ1) is 21.4. The van der Waals surface area contributed by atoms with E-state index in [0.717, 1.165) is 10.1 Å². The van der Waals surface area contributed by atoms with Gasteiger partial charge in [0.25, 0.3) is 11.5 Å². The quantitative estimate of drug-likeness (QED) is 0.238. The number of ether oxygens (including phenoxy) is 2. The lowest BCUT2D eigenvalue weighted by Gasteiger charge is -2.15. The van der Waals surface area contributed by atoms with Crippen molar-refractivity contribution in [2.75, 3.05) is 25.6 Å². The molecule has 0 aliphatic carbocycles. The van der Waals surface area contributed by atoms with Crippen molar-refractivity contribution in [2.24, 2.45) is 0 Å². The molecule has 0 radical (unpaired) electrons. The minimum atomic E-state index is -0.726. The minimum absolute atomic E-state index is 0.169. The summed E-state index contributed by atoms with van der Waals surface area (Å²) in [5, 5.41) is 5.84. The largest absolute Gasteiger partial charge is 0.497 e. The van der Waals surface area contributed by atoms with Gasteiger partial charge in [0.05, 0.1) is 30.3 Å². The number of benzene rings is 4. The lowest BCUT2D eigenvalue weighted by molar-refractivity contribution is -0.116. The topological polar surface area (TPSA) is 121 Å². The van der Waals surface area contributed by atoms with Crippen molar-refractivity contribution < 1.29 is 19.1 Å². The predicted molar refractivity (Wildman–Crippen MR) is 169 cm³/mol. The van der Waals surface area contributed by atoms with Crippen LogP contribution in [0.25, 0.3) is 16.6 Å². The van der Waals surface area contributed by atoms with E-state index in [1.807, 2.05) is 37.3 Å². The SMILES string of the molecule is CCOc1ccc(NC(=O)Cn2c(=O)n(-c3ccc(OC)cc3)c(=O)c3ccc(C(=O)NCCc4ccccc4)cc32)cc1. The van der Waals surface area contributed by atoms with Gasteiger partial charge in [-0.05, 0) is 85.6 Å². The second-order valence-electron chi connectivity index (χ2n) is 9.94. The normalized spacial score (nSPS) is 10.8. The monoisotopic (exact) mass is 592 g/mol. The molecule has 0 spiro atoms. The van der Waals surface area contributed by atoms with Crippen molar-refractivity contribution in [3.8, 4) is 17.2 Å². The lowest BCUT2D eigenvalue weighted by Crippen LogP contribution is -2.41. The number of rotatable bonds is 11. The van der Waals surface area contributed by atoms with Crippen LogP contribution in [0.2, 0.25) is 0 Å². The molecule has 1 aromatic heterocycles. The van der Waals surface area contributed by atoms with Crippen LogP contribution < -0.4 is 31.4 Å². The Morgan fingerprint density at radius 1 is 0.841 bits per heavy atom. The van der Waals surface area contributed by atoms with Gasteiger partial charge in [-0.2, -0.15) is 0 Å². The highest BCUT2D eigenvalue weighted by molar-refractivity contribution is 5.98. The summed E-state index contributed by atoms with van der Waals surface area (Å²) in [4.78, 5) is 53.8. The van der Waals surface area contributed by atoms with Gasteiger partial charge < -0.3 is 20.1 Å². The van der Waals surface area contributed by atoms with Gasteiger partial charge in [-0.25, -0.2) is 9.36 Å². The van der Waals surface area contributed by atoms with E-state index in [0.29, 0.717) is 42.4 Å². The molecule has 2 N–H and O–H groups in total. The van der Waals surface area contributed by atoms with Gasteiger partial charge >= 0.3 is 5.69 Å². The molecule has 2 amide bonds. The van der Waals surface area contributed by atoms with Crippen LogP contribution in [0.3, 0.4) is 0 Å². The van der Waals surface area contributed by atoms with Crippen LogP contribution >= 0.6 is 0 Å². The zero-order valence-electron chi connectivity index (χ0n) is 24.4. The number of carbonyl (C=O) groups is 2. The van der Waals surface area contributed by atoms with Crippen LogP contribution in [0.15, 0.2) is 107 Å². The molecule has 5 rings (SSSR count). The summed E-state index contributed by atoms with van der Waals surface area (Å²) in [6.45, 7) is 2.39. The maximum Gasteiger partial charge on any atom is 0.336 e. The predicted octanol–water partition coefficient (Wildman–Crippen LogP) is 4.17. The molecule has 4 aromatic carbocycles. The first-order valence-electron chi connectivity index (χ1n) is 14.2. The molecule has 0 aliphatic heterocycles. The zero-order chi connectivity index (χ0) is 31.1. The second-order valence-corrected chi connectivity index (χ2v) is 9.94. The highest BCUT2D eigenvalue weighted by Crippen LogP contribution is 2.18. The van der Waals surface area contributed by atoms with E-state index in [9.17, 15) is 19.2 Å². The third-order valence-electron chi connectivity index (χ3n) is 7.03. The van der Waals surface area contributed by atoms with Gasteiger partial charge in [0.1, 0.15) is 18.0 Å². The van der Waals surface area contributed by atoms with Gasteiger partial charge in [-0.15, -0.1) is 0 Å². The van der Waals surface area contributed by atoms with Crippen LogP contribution in [0.5, 0.6) is 11.5 Å². The number of hydrogen-bond donors (Lipinski definition) is 2. The maximum absolute atomic E-state index is 13.9. The van der Waals surface area contributed by atoms with E-state index in [2.05, 4.69) is 10.6 Å². The molecule has 0 bridgehead atoms. The molecule has 1 heterocycles. The van der Waals surface area contributed by atoms with E-state index in [1.54, 1.807) is 48.5 Å². The van der Waals surface area contributed by atoms with Gasteiger partial charge in [-0.1, -0.05) is 30.3 Å². The molecule has 5 aromatic rings. The zero-order valence-corrected chi connectivity index (χ0v) is 24.4. The molecule has 44 heavy (non-hydrogen) atoms. The molecule has 0 saturated carbocycles. The van der Waals surface area contributed by atoms with Crippen molar-refractivity contribution in [3.63, 3.8) is 0 Å². The van der Waals surface area contributed by atoms with Crippen molar-refractivity contribution in [2.45, 2.75) is 19.9 Å². The summed E-state index contributed by atoms with van der Waals surface area (Å²) < 4.78 is 12.9. The molecular weight excluding hydrogens is 560 g/mol. The third kappa shape index (κ3) is 6.70. The fourth-order valence-corrected chi connectivity index (χ4v) is 4.83. The molecule has 0 saturated heterocycles. The van der Waals surface area contributed by atoms with E-state index in [1.165, 1.54) is 29.9 Å². The number of methoxy groups -OCH3 is 1. The van der Waals surface area contributed by atoms with Gasteiger partial charge in [-0.3, -0.25) is 19.0 Å². The average Bonchev–Trinajstić information content (AvgIpc) is 3.04. The Bertz CT molecular complexity index is 1900. The molecule has 224 valence electrons. The molecule has 0 fully saturated rings. The van der Waals surface area contributed by atoms with Crippen LogP contribution in [-0.4, -0.2) is 41.2 Å². The first kappa shape index (κ1) is 29.8. The molecule has 0 atom stereocenters. The van der Waals surface area contributed by atoms with Crippen LogP contribution in [0.1, 0.15) is 22.8 Å². The Morgan fingerprint density at radius 3 is 2.23 bits per heavy atom. The molecule has 10 nitrogen and oxygen atoms in total. The summed E-state index contributed by atoms with van der Waals surface area (Å²) in [7, 11) is 1.52. The fourth-order valence-electron chi connectivity index (χ4n) is 4.83. The Hall–Kier alpha value is -5.64. The number of nitrogens with one attached hydrogen (secondary N) is 2. The van der Waals surface area contributed by atoms with Crippen LogP contribution in [0.4, 0.5) is 5.69 Å². The molecule has 10 heteroatoms. The Morgan fingerprint density at radius 2 is 1.55 bits per heavy atom. The van der Waals surface area contributed by atoms with E-state index in [4.69, 9.17) is 9.47 Å². The number of hydrogen-bond acceptors (Lipinski definition) is 6.